The van der Waals surface area contributed by atoms with Crippen LogP contribution in [-0.2, 0) is 9.59 Å². The second-order valence-electron chi connectivity index (χ2n) is 3.55. The third-order valence-electron chi connectivity index (χ3n) is 1.84. The number of halogens is 3. The Morgan fingerprint density at radius 1 is 1.32 bits per heavy atom. The number of benzene rings is 1. The fourth-order valence-corrected chi connectivity index (χ4v) is 1.20. The Kier molecular flexibility index (Phi) is 4.74. The first-order chi connectivity index (χ1) is 8.76. The first kappa shape index (κ1) is 14.8. The summed E-state index contributed by atoms with van der Waals surface area (Å²) in [5, 5.41) is 10.4. The number of aliphatic carboxylic acids is 1. The average Bonchev–Trinajstić information content (AvgIpc) is 2.24. The lowest BCUT2D eigenvalue weighted by atomic mass is 10.3. The maximum atomic E-state index is 11.9. The lowest BCUT2D eigenvalue weighted by Crippen LogP contribution is -2.21. The molecule has 0 radical (unpaired) electrons. The van der Waals surface area contributed by atoms with Crippen molar-refractivity contribution in [2.24, 2.45) is 0 Å². The van der Waals surface area contributed by atoms with E-state index in [1.54, 1.807) is 0 Å². The van der Waals surface area contributed by atoms with Crippen LogP contribution in [0.15, 0.2) is 24.3 Å². The van der Waals surface area contributed by atoms with Crippen molar-refractivity contribution in [3.05, 3.63) is 24.3 Å². The summed E-state index contributed by atoms with van der Waals surface area (Å²) in [6, 6.07) is 5.43. The maximum absolute atomic E-state index is 11.9. The highest BCUT2D eigenvalue weighted by molar-refractivity contribution is 5.91. The van der Waals surface area contributed by atoms with Crippen LogP contribution >= 0.6 is 0 Å². The van der Waals surface area contributed by atoms with E-state index in [9.17, 15) is 22.8 Å². The molecule has 0 aromatic heterocycles. The molecule has 0 aliphatic heterocycles. The molecule has 0 spiro atoms. The minimum atomic E-state index is -4.58. The van der Waals surface area contributed by atoms with Gasteiger partial charge >= 0.3 is 12.1 Å². The van der Waals surface area contributed by atoms with Gasteiger partial charge in [0.15, 0.2) is 6.61 Å². The number of hydrogen-bond donors (Lipinski definition) is 2. The van der Waals surface area contributed by atoms with Crippen LogP contribution in [0.25, 0.3) is 0 Å². The molecular formula is C11H10F3NO4. The standard InChI is InChI=1S/C11H10F3NO4/c12-11(13,14)5-9(16)15-7-2-1-3-8(4-7)19-6-10(17)18/h1-4H,5-6H2,(H,15,16)(H,17,18). The number of carbonyl (C=O) groups is 2. The molecule has 0 saturated carbocycles. The van der Waals surface area contributed by atoms with Gasteiger partial charge in [0.2, 0.25) is 5.91 Å². The van der Waals surface area contributed by atoms with Crippen molar-refractivity contribution in [2.45, 2.75) is 12.6 Å². The van der Waals surface area contributed by atoms with Crippen LogP contribution in [0, 0.1) is 0 Å². The molecule has 0 heterocycles. The predicted molar refractivity (Wildman–Crippen MR) is 58.9 cm³/mol. The van der Waals surface area contributed by atoms with E-state index in [1.807, 2.05) is 5.32 Å². The zero-order chi connectivity index (χ0) is 14.5. The fraction of sp³-hybridized carbons (Fsp3) is 0.273. The molecule has 0 saturated heterocycles. The highest BCUT2D eigenvalue weighted by atomic mass is 19.4. The molecule has 8 heteroatoms. The molecule has 0 fully saturated rings. The molecule has 1 rings (SSSR count). The highest BCUT2D eigenvalue weighted by Gasteiger charge is 2.31. The predicted octanol–water partition coefficient (Wildman–Crippen LogP) is 2.04. The molecular weight excluding hydrogens is 267 g/mol. The number of rotatable bonds is 5. The summed E-state index contributed by atoms with van der Waals surface area (Å²) in [7, 11) is 0. The number of alkyl halides is 3. The van der Waals surface area contributed by atoms with Crippen molar-refractivity contribution in [1.82, 2.24) is 0 Å². The number of carboxylic acid groups (broad SMARTS) is 1. The van der Waals surface area contributed by atoms with E-state index in [-0.39, 0.29) is 11.4 Å². The Morgan fingerprint density at radius 2 is 2.00 bits per heavy atom. The van der Waals surface area contributed by atoms with Crippen molar-refractivity contribution in [3.63, 3.8) is 0 Å². The monoisotopic (exact) mass is 277 g/mol. The Bertz CT molecular complexity index is 473. The molecule has 0 atom stereocenters. The van der Waals surface area contributed by atoms with E-state index in [4.69, 9.17) is 9.84 Å². The first-order valence-electron chi connectivity index (χ1n) is 5.07. The summed E-state index contributed by atoms with van der Waals surface area (Å²) in [6.45, 7) is -0.583. The zero-order valence-corrected chi connectivity index (χ0v) is 9.53. The Morgan fingerprint density at radius 3 is 2.58 bits per heavy atom. The molecule has 5 nitrogen and oxygen atoms in total. The quantitative estimate of drug-likeness (QED) is 0.863. The Balaban J connectivity index is 2.61. The largest absolute Gasteiger partial charge is 0.482 e. The fourth-order valence-electron chi connectivity index (χ4n) is 1.20. The summed E-state index contributed by atoms with van der Waals surface area (Å²) in [5.41, 5.74) is 0.0946. The van der Waals surface area contributed by atoms with Gasteiger partial charge < -0.3 is 15.2 Å². The molecule has 104 valence electrons. The van der Waals surface area contributed by atoms with Gasteiger partial charge in [-0.15, -0.1) is 0 Å². The zero-order valence-electron chi connectivity index (χ0n) is 9.53. The van der Waals surface area contributed by atoms with Crippen LogP contribution in [0.1, 0.15) is 6.42 Å². The van der Waals surface area contributed by atoms with E-state index in [0.717, 1.165) is 0 Å². The second kappa shape index (κ2) is 6.07. The van der Waals surface area contributed by atoms with Crippen molar-refractivity contribution in [2.75, 3.05) is 11.9 Å². The molecule has 1 aromatic carbocycles. The topological polar surface area (TPSA) is 75.6 Å². The van der Waals surface area contributed by atoms with Gasteiger partial charge in [-0.3, -0.25) is 4.79 Å². The first-order valence-corrected chi connectivity index (χ1v) is 5.07. The summed E-state index contributed by atoms with van der Waals surface area (Å²) >= 11 is 0. The van der Waals surface area contributed by atoms with Crippen LogP contribution in [0.5, 0.6) is 5.75 Å². The SMILES string of the molecule is O=C(O)COc1cccc(NC(=O)CC(F)(F)F)c1. The lowest BCUT2D eigenvalue weighted by molar-refractivity contribution is -0.150. The second-order valence-corrected chi connectivity index (χ2v) is 3.55. The average molecular weight is 277 g/mol. The minimum Gasteiger partial charge on any atom is -0.482 e. The summed E-state index contributed by atoms with van der Waals surface area (Å²) < 4.78 is 40.7. The number of hydrogen-bond acceptors (Lipinski definition) is 3. The smallest absolute Gasteiger partial charge is 0.397 e. The van der Waals surface area contributed by atoms with Gasteiger partial charge in [-0.2, -0.15) is 13.2 Å². The third kappa shape index (κ3) is 6.29. The van der Waals surface area contributed by atoms with Crippen molar-refractivity contribution < 1.29 is 32.6 Å². The van der Waals surface area contributed by atoms with Crippen LogP contribution < -0.4 is 10.1 Å². The van der Waals surface area contributed by atoms with Crippen molar-refractivity contribution in [1.29, 1.82) is 0 Å². The number of anilines is 1. The van der Waals surface area contributed by atoms with Crippen LogP contribution in [-0.4, -0.2) is 29.8 Å². The van der Waals surface area contributed by atoms with Gasteiger partial charge in [0.25, 0.3) is 0 Å². The van der Waals surface area contributed by atoms with Gasteiger partial charge in [0.1, 0.15) is 12.2 Å². The number of amides is 1. The van der Waals surface area contributed by atoms with E-state index in [0.29, 0.717) is 0 Å². The van der Waals surface area contributed by atoms with Crippen LogP contribution in [0.2, 0.25) is 0 Å². The van der Waals surface area contributed by atoms with Gasteiger partial charge in [-0.1, -0.05) is 6.07 Å². The van der Waals surface area contributed by atoms with Crippen LogP contribution in [0.3, 0.4) is 0 Å². The number of carboxylic acids is 1. The number of ether oxygens (including phenoxy) is 1. The van der Waals surface area contributed by atoms with E-state index in [2.05, 4.69) is 0 Å². The van der Waals surface area contributed by atoms with E-state index >= 15 is 0 Å². The Hall–Kier alpha value is -2.25. The van der Waals surface area contributed by atoms with Crippen molar-refractivity contribution in [3.8, 4) is 5.75 Å². The molecule has 0 aliphatic rings. The van der Waals surface area contributed by atoms with Crippen molar-refractivity contribution >= 4 is 17.6 Å². The van der Waals surface area contributed by atoms with E-state index < -0.39 is 31.1 Å². The van der Waals surface area contributed by atoms with Gasteiger partial charge in [0, 0.05) is 11.8 Å². The number of carbonyl (C=O) groups excluding carboxylic acids is 1. The van der Waals surface area contributed by atoms with Gasteiger partial charge in [-0.05, 0) is 12.1 Å². The molecule has 1 aromatic rings. The number of nitrogens with one attached hydrogen (secondary N) is 1. The molecule has 0 unspecified atom stereocenters. The normalized spacial score (nSPS) is 10.9. The molecule has 19 heavy (non-hydrogen) atoms. The van der Waals surface area contributed by atoms with E-state index in [1.165, 1.54) is 24.3 Å². The third-order valence-corrected chi connectivity index (χ3v) is 1.84. The highest BCUT2D eigenvalue weighted by Crippen LogP contribution is 2.22. The minimum absolute atomic E-state index is 0.0946. The maximum Gasteiger partial charge on any atom is 0.397 e. The summed E-state index contributed by atoms with van der Waals surface area (Å²) in [4.78, 5) is 21.3. The molecule has 0 bridgehead atoms. The summed E-state index contributed by atoms with van der Waals surface area (Å²) in [6.07, 6.45) is -6.17. The van der Waals surface area contributed by atoms with Gasteiger partial charge in [0.05, 0.1) is 0 Å². The van der Waals surface area contributed by atoms with Crippen LogP contribution in [0.4, 0.5) is 18.9 Å². The van der Waals surface area contributed by atoms with Gasteiger partial charge in [-0.25, -0.2) is 4.79 Å². The molecule has 2 N–H and O–H groups in total. The Labute approximate surface area is 106 Å². The molecule has 0 aliphatic carbocycles. The molecule has 1 amide bonds. The summed E-state index contributed by atoms with van der Waals surface area (Å²) in [5.74, 6) is -2.26. The lowest BCUT2D eigenvalue weighted by Gasteiger charge is -2.09.